The number of nitrogens with one attached hydrogen (secondary N) is 1. The first-order valence-corrected chi connectivity index (χ1v) is 13.8. The number of anilines is 5. The monoisotopic (exact) mass is 505 g/mol. The average molecular weight is 506 g/mol. The van der Waals surface area contributed by atoms with Gasteiger partial charge in [-0.2, -0.15) is 4.98 Å². The molecular formula is C28H39N7O2. The summed E-state index contributed by atoms with van der Waals surface area (Å²) in [5, 5.41) is 3.42. The Morgan fingerprint density at radius 1 is 1.00 bits per heavy atom. The van der Waals surface area contributed by atoms with Gasteiger partial charge in [-0.3, -0.25) is 4.79 Å². The summed E-state index contributed by atoms with van der Waals surface area (Å²) in [6, 6.07) is 6.94. The lowest BCUT2D eigenvalue weighted by atomic mass is 9.99. The molecule has 1 aromatic carbocycles. The molecule has 37 heavy (non-hydrogen) atoms. The molecular weight excluding hydrogens is 466 g/mol. The van der Waals surface area contributed by atoms with E-state index in [1.165, 1.54) is 12.8 Å². The zero-order chi connectivity index (χ0) is 25.5. The zero-order valence-corrected chi connectivity index (χ0v) is 22.3. The number of likely N-dealkylation sites (N-methyl/N-ethyl adjacent to an activating group) is 1. The molecule has 9 nitrogen and oxygen atoms in total. The van der Waals surface area contributed by atoms with Crippen molar-refractivity contribution in [1.82, 2.24) is 14.9 Å². The van der Waals surface area contributed by atoms with Gasteiger partial charge in [-0.15, -0.1) is 0 Å². The SMILES string of the molecule is COc1cc(N2CCN(C)CC2)ccc1Nc1ncc2c(n1)N(C1CCCC1)[C@@H]1CCC[C@@H]1C(=O)N2C. The van der Waals surface area contributed by atoms with Gasteiger partial charge in [-0.25, -0.2) is 4.98 Å². The molecule has 198 valence electrons. The molecule has 2 aliphatic carbocycles. The summed E-state index contributed by atoms with van der Waals surface area (Å²) in [6.07, 6.45) is 9.73. The third-order valence-electron chi connectivity index (χ3n) is 8.86. The van der Waals surface area contributed by atoms with Gasteiger partial charge >= 0.3 is 0 Å². The van der Waals surface area contributed by atoms with Crippen LogP contribution in [0.3, 0.4) is 0 Å². The van der Waals surface area contributed by atoms with Crippen LogP contribution in [0, 0.1) is 5.92 Å². The molecule has 2 saturated carbocycles. The summed E-state index contributed by atoms with van der Waals surface area (Å²) < 4.78 is 5.77. The molecule has 1 aromatic heterocycles. The summed E-state index contributed by atoms with van der Waals surface area (Å²) in [6.45, 7) is 4.13. The fraction of sp³-hybridized carbons (Fsp3) is 0.607. The van der Waals surface area contributed by atoms with Crippen molar-refractivity contribution in [3.63, 3.8) is 0 Å². The van der Waals surface area contributed by atoms with E-state index in [2.05, 4.69) is 50.2 Å². The molecule has 0 spiro atoms. The Morgan fingerprint density at radius 3 is 2.54 bits per heavy atom. The minimum Gasteiger partial charge on any atom is -0.494 e. The second-order valence-corrected chi connectivity index (χ2v) is 11.0. The van der Waals surface area contributed by atoms with Crippen molar-refractivity contribution >= 4 is 34.7 Å². The number of carbonyl (C=O) groups is 1. The van der Waals surface area contributed by atoms with Gasteiger partial charge in [0, 0.05) is 57.1 Å². The van der Waals surface area contributed by atoms with E-state index in [1.54, 1.807) is 12.0 Å². The maximum Gasteiger partial charge on any atom is 0.232 e. The molecule has 0 unspecified atom stereocenters. The Labute approximate surface area is 219 Å². The number of hydrogen-bond donors (Lipinski definition) is 1. The van der Waals surface area contributed by atoms with Gasteiger partial charge in [0.05, 0.1) is 24.9 Å². The Hall–Kier alpha value is -3.07. The van der Waals surface area contributed by atoms with Crippen LogP contribution in [-0.4, -0.2) is 80.2 Å². The third kappa shape index (κ3) is 4.47. The van der Waals surface area contributed by atoms with E-state index >= 15 is 0 Å². The molecule has 2 aliphatic heterocycles. The predicted octanol–water partition coefficient (Wildman–Crippen LogP) is 3.87. The molecule has 4 aliphatic rings. The van der Waals surface area contributed by atoms with Crippen molar-refractivity contribution in [3.8, 4) is 5.75 Å². The highest BCUT2D eigenvalue weighted by Gasteiger charge is 2.46. The number of fused-ring (bicyclic) bond motifs is 2. The lowest BCUT2D eigenvalue weighted by Crippen LogP contribution is -2.46. The first kappa shape index (κ1) is 24.3. The van der Waals surface area contributed by atoms with Crippen LogP contribution in [0.2, 0.25) is 0 Å². The molecule has 3 fully saturated rings. The average Bonchev–Trinajstić information content (AvgIpc) is 3.61. The van der Waals surface area contributed by atoms with E-state index in [4.69, 9.17) is 9.72 Å². The molecule has 3 heterocycles. The minimum atomic E-state index is 0.0402. The summed E-state index contributed by atoms with van der Waals surface area (Å²) >= 11 is 0. The Morgan fingerprint density at radius 2 is 1.78 bits per heavy atom. The van der Waals surface area contributed by atoms with E-state index in [0.717, 1.165) is 86.9 Å². The minimum absolute atomic E-state index is 0.0402. The van der Waals surface area contributed by atoms with Gasteiger partial charge < -0.3 is 29.7 Å². The molecule has 1 amide bonds. The number of piperazine rings is 1. The molecule has 0 bridgehead atoms. The van der Waals surface area contributed by atoms with Crippen LogP contribution in [0.5, 0.6) is 5.75 Å². The fourth-order valence-corrected chi connectivity index (χ4v) is 6.73. The van der Waals surface area contributed by atoms with Gasteiger partial charge in [0.1, 0.15) is 11.4 Å². The smallest absolute Gasteiger partial charge is 0.232 e. The van der Waals surface area contributed by atoms with E-state index < -0.39 is 0 Å². The molecule has 2 atom stereocenters. The van der Waals surface area contributed by atoms with Crippen molar-refractivity contribution in [1.29, 1.82) is 0 Å². The van der Waals surface area contributed by atoms with E-state index in [0.29, 0.717) is 12.0 Å². The number of methoxy groups -OCH3 is 1. The highest BCUT2D eigenvalue weighted by molar-refractivity contribution is 5.99. The second-order valence-electron chi connectivity index (χ2n) is 11.0. The number of nitrogens with zero attached hydrogens (tertiary/aromatic N) is 6. The molecule has 6 rings (SSSR count). The van der Waals surface area contributed by atoms with Crippen LogP contribution in [0.25, 0.3) is 0 Å². The van der Waals surface area contributed by atoms with E-state index in [-0.39, 0.29) is 17.9 Å². The molecule has 2 aromatic rings. The van der Waals surface area contributed by atoms with Crippen LogP contribution in [0.1, 0.15) is 44.9 Å². The van der Waals surface area contributed by atoms with Crippen LogP contribution in [-0.2, 0) is 4.79 Å². The van der Waals surface area contributed by atoms with Crippen molar-refractivity contribution < 1.29 is 9.53 Å². The van der Waals surface area contributed by atoms with E-state index in [9.17, 15) is 4.79 Å². The zero-order valence-electron chi connectivity index (χ0n) is 22.3. The fourth-order valence-electron chi connectivity index (χ4n) is 6.73. The van der Waals surface area contributed by atoms with E-state index in [1.807, 2.05) is 13.2 Å². The van der Waals surface area contributed by atoms with Gasteiger partial charge in [0.2, 0.25) is 11.9 Å². The predicted molar refractivity (Wildman–Crippen MR) is 147 cm³/mol. The lowest BCUT2D eigenvalue weighted by Gasteiger charge is -2.36. The van der Waals surface area contributed by atoms with Crippen LogP contribution >= 0.6 is 0 Å². The van der Waals surface area contributed by atoms with Crippen LogP contribution in [0.15, 0.2) is 24.4 Å². The van der Waals surface area contributed by atoms with Crippen molar-refractivity contribution in [2.24, 2.45) is 5.92 Å². The number of carbonyl (C=O) groups excluding carboxylic acids is 1. The molecule has 1 saturated heterocycles. The maximum atomic E-state index is 13.4. The summed E-state index contributed by atoms with van der Waals surface area (Å²) in [5.74, 6) is 2.44. The number of amides is 1. The number of benzene rings is 1. The Kier molecular flexibility index (Phi) is 6.56. The van der Waals surface area contributed by atoms with Gasteiger partial charge in [-0.05, 0) is 44.9 Å². The van der Waals surface area contributed by atoms with Gasteiger partial charge in [-0.1, -0.05) is 19.3 Å². The second kappa shape index (κ2) is 10.0. The highest BCUT2D eigenvalue weighted by atomic mass is 16.5. The van der Waals surface area contributed by atoms with Crippen LogP contribution in [0.4, 0.5) is 28.8 Å². The largest absolute Gasteiger partial charge is 0.494 e. The molecule has 1 N–H and O–H groups in total. The number of aromatic nitrogens is 2. The summed E-state index contributed by atoms with van der Waals surface area (Å²) in [4.78, 5) is 32.2. The van der Waals surface area contributed by atoms with Gasteiger partial charge in [0.15, 0.2) is 5.82 Å². The quantitative estimate of drug-likeness (QED) is 0.656. The normalized spacial score (nSPS) is 24.7. The lowest BCUT2D eigenvalue weighted by molar-refractivity contribution is -0.122. The molecule has 0 radical (unpaired) electrons. The number of ether oxygens (including phenoxy) is 1. The number of hydrogen-bond acceptors (Lipinski definition) is 8. The standard InChI is InChI=1S/C28H39N7O2/c1-32-13-15-34(16-14-32)20-11-12-22(25(17-20)37-3)30-28-29-18-24-26(31-28)35(19-7-4-5-8-19)23-10-6-9-21(23)27(36)33(24)2/h11-12,17-19,21,23H,4-10,13-16H2,1-3H3,(H,29,30,31)/t21-,23+/m0/s1. The maximum absolute atomic E-state index is 13.4. The third-order valence-corrected chi connectivity index (χ3v) is 8.86. The van der Waals surface area contributed by atoms with Crippen molar-refractivity contribution in [2.45, 2.75) is 57.0 Å². The summed E-state index contributed by atoms with van der Waals surface area (Å²) in [7, 11) is 5.75. The van der Waals surface area contributed by atoms with Gasteiger partial charge in [0.25, 0.3) is 0 Å². The molecule has 9 heteroatoms. The first-order chi connectivity index (χ1) is 18.0. The van der Waals surface area contributed by atoms with Crippen molar-refractivity contribution in [2.75, 3.05) is 67.4 Å². The first-order valence-electron chi connectivity index (χ1n) is 13.8. The Balaban J connectivity index is 1.32. The number of rotatable bonds is 5. The Bertz CT molecular complexity index is 1140. The van der Waals surface area contributed by atoms with Crippen LogP contribution < -0.4 is 24.8 Å². The summed E-state index contributed by atoms with van der Waals surface area (Å²) in [5.41, 5.74) is 2.82. The topological polar surface area (TPSA) is 77.1 Å². The highest BCUT2D eigenvalue weighted by Crippen LogP contribution is 2.45. The van der Waals surface area contributed by atoms with Crippen molar-refractivity contribution in [3.05, 3.63) is 24.4 Å².